The van der Waals surface area contributed by atoms with E-state index >= 15 is 0 Å². The molecule has 3 N–H and O–H groups in total. The average molecular weight is 389 g/mol. The lowest BCUT2D eigenvalue weighted by atomic mass is 9.87. The number of hydrogen-bond acceptors (Lipinski definition) is 3. The summed E-state index contributed by atoms with van der Waals surface area (Å²) in [6, 6.07) is 7.51. The molecule has 4 rings (SSSR count). The van der Waals surface area contributed by atoms with Crippen LogP contribution in [0.5, 0.6) is 0 Å². The molecule has 1 saturated carbocycles. The standard InChI is InChI=1S/C24H27N3O2/c1-25-21-12-4-2-3-8-16-9-7-10-17(14-19(16)21)27-24(29)20-15-26-22-13-6-5-11-18(22)23(20)28/h5-6,9-11,13-15,21,25H,2-4,7-8,12H2,1H3,(H,26,28)(H,27,29). The van der Waals surface area contributed by atoms with Gasteiger partial charge in [0.05, 0.1) is 0 Å². The van der Waals surface area contributed by atoms with Crippen LogP contribution < -0.4 is 16.1 Å². The number of carbonyl (C=O) groups excluding carboxylic acids is 1. The number of H-pyrrole nitrogens is 1. The number of hydrogen-bond donors (Lipinski definition) is 3. The molecule has 1 fully saturated rings. The van der Waals surface area contributed by atoms with Gasteiger partial charge in [0.1, 0.15) is 5.56 Å². The van der Waals surface area contributed by atoms with Crippen LogP contribution in [0.25, 0.3) is 10.9 Å². The normalized spacial score (nSPS) is 19.8. The maximum absolute atomic E-state index is 12.9. The lowest BCUT2D eigenvalue weighted by Crippen LogP contribution is -2.31. The van der Waals surface area contributed by atoms with Gasteiger partial charge in [-0.05, 0) is 62.1 Å². The number of benzene rings is 1. The van der Waals surface area contributed by atoms with E-state index in [0.29, 0.717) is 5.39 Å². The van der Waals surface area contributed by atoms with Crippen molar-refractivity contribution in [3.05, 3.63) is 81.3 Å². The lowest BCUT2D eigenvalue weighted by molar-refractivity contribution is 0.0966. The summed E-state index contributed by atoms with van der Waals surface area (Å²) in [5, 5.41) is 6.91. The molecule has 2 aliphatic carbocycles. The van der Waals surface area contributed by atoms with Crippen molar-refractivity contribution in [3.63, 3.8) is 0 Å². The lowest BCUT2D eigenvalue weighted by Gasteiger charge is -2.25. The Hall–Kier alpha value is -2.92. The number of allylic oxidation sites excluding steroid dienone is 3. The van der Waals surface area contributed by atoms with E-state index in [2.05, 4.69) is 27.8 Å². The zero-order valence-corrected chi connectivity index (χ0v) is 16.8. The highest BCUT2D eigenvalue weighted by Gasteiger charge is 2.21. The molecule has 0 saturated heterocycles. The van der Waals surface area contributed by atoms with Gasteiger partial charge in [0.2, 0.25) is 5.43 Å². The summed E-state index contributed by atoms with van der Waals surface area (Å²) in [4.78, 5) is 28.7. The van der Waals surface area contributed by atoms with Crippen molar-refractivity contribution in [2.75, 3.05) is 7.05 Å². The minimum atomic E-state index is -0.379. The number of aromatic nitrogens is 1. The van der Waals surface area contributed by atoms with E-state index in [-0.39, 0.29) is 22.9 Å². The fraction of sp³-hybridized carbons (Fsp3) is 0.333. The summed E-state index contributed by atoms with van der Waals surface area (Å²) in [5.41, 5.74) is 3.98. The van der Waals surface area contributed by atoms with Crippen LogP contribution in [0, 0.1) is 0 Å². The number of pyridine rings is 1. The number of amides is 1. The molecule has 5 nitrogen and oxygen atoms in total. The Labute approximate surface area is 170 Å². The van der Waals surface area contributed by atoms with Crippen LogP contribution in [-0.4, -0.2) is 24.0 Å². The molecule has 1 amide bonds. The largest absolute Gasteiger partial charge is 0.360 e. The Morgan fingerprint density at radius 1 is 1.14 bits per heavy atom. The van der Waals surface area contributed by atoms with Crippen LogP contribution in [0.2, 0.25) is 0 Å². The van der Waals surface area contributed by atoms with Crippen LogP contribution in [0.3, 0.4) is 0 Å². The van der Waals surface area contributed by atoms with Gasteiger partial charge in [-0.1, -0.05) is 37.1 Å². The Kier molecular flexibility index (Phi) is 5.76. The Bertz CT molecular complexity index is 1070. The summed E-state index contributed by atoms with van der Waals surface area (Å²) < 4.78 is 0. The Morgan fingerprint density at radius 3 is 2.86 bits per heavy atom. The van der Waals surface area contributed by atoms with Crippen molar-refractivity contribution in [3.8, 4) is 0 Å². The minimum Gasteiger partial charge on any atom is -0.360 e. The molecule has 1 heterocycles. The van der Waals surface area contributed by atoms with Crippen molar-refractivity contribution < 1.29 is 4.79 Å². The SMILES string of the molecule is CNC1CCCCCC2=CCC=C(NC(=O)c3c[nH]c4ccccc4c3=O)C=C21. The van der Waals surface area contributed by atoms with Crippen LogP contribution in [0.15, 0.2) is 70.3 Å². The maximum atomic E-state index is 12.9. The van der Waals surface area contributed by atoms with Crippen LogP contribution in [-0.2, 0) is 0 Å². The summed E-state index contributed by atoms with van der Waals surface area (Å²) >= 11 is 0. The molecule has 1 unspecified atom stereocenters. The van der Waals surface area contributed by atoms with Crippen molar-refractivity contribution in [2.24, 2.45) is 0 Å². The zero-order valence-electron chi connectivity index (χ0n) is 16.8. The molecule has 5 heteroatoms. The van der Waals surface area contributed by atoms with Gasteiger partial charge in [-0.25, -0.2) is 0 Å². The molecule has 2 aromatic rings. The molecule has 1 aromatic heterocycles. The number of para-hydroxylation sites is 1. The van der Waals surface area contributed by atoms with Gasteiger partial charge in [0.25, 0.3) is 5.91 Å². The molecule has 0 aliphatic heterocycles. The Balaban J connectivity index is 1.62. The van der Waals surface area contributed by atoms with E-state index in [0.717, 1.165) is 30.5 Å². The first kappa shape index (κ1) is 19.4. The number of fused-ring (bicyclic) bond motifs is 2. The van der Waals surface area contributed by atoms with Crippen LogP contribution >= 0.6 is 0 Å². The van der Waals surface area contributed by atoms with E-state index in [1.165, 1.54) is 36.6 Å². The van der Waals surface area contributed by atoms with E-state index in [1.54, 1.807) is 12.1 Å². The first-order valence-corrected chi connectivity index (χ1v) is 10.4. The quantitative estimate of drug-likeness (QED) is 0.744. The smallest absolute Gasteiger partial charge is 0.261 e. The highest BCUT2D eigenvalue weighted by molar-refractivity contribution is 5.98. The number of carbonyl (C=O) groups is 1. The molecule has 29 heavy (non-hydrogen) atoms. The third-order valence-corrected chi connectivity index (χ3v) is 5.84. The Morgan fingerprint density at radius 2 is 2.00 bits per heavy atom. The highest BCUT2D eigenvalue weighted by Crippen LogP contribution is 2.30. The number of likely N-dealkylation sites (N-methyl/N-ethyl adjacent to an activating group) is 1. The van der Waals surface area contributed by atoms with Crippen molar-refractivity contribution >= 4 is 16.8 Å². The predicted octanol–water partition coefficient (Wildman–Crippen LogP) is 3.95. The van der Waals surface area contributed by atoms with Gasteiger partial charge in [-0.2, -0.15) is 0 Å². The number of nitrogens with one attached hydrogen (secondary N) is 3. The minimum absolute atomic E-state index is 0.128. The molecular weight excluding hydrogens is 362 g/mol. The van der Waals surface area contributed by atoms with E-state index in [9.17, 15) is 9.59 Å². The molecule has 1 atom stereocenters. The molecule has 1 aromatic carbocycles. The van der Waals surface area contributed by atoms with E-state index in [1.807, 2.05) is 25.3 Å². The number of aromatic amines is 1. The van der Waals surface area contributed by atoms with Gasteiger partial charge in [0, 0.05) is 28.8 Å². The summed E-state index contributed by atoms with van der Waals surface area (Å²) in [6.45, 7) is 0. The van der Waals surface area contributed by atoms with E-state index < -0.39 is 0 Å². The molecule has 2 aliphatic rings. The zero-order chi connectivity index (χ0) is 20.2. The summed E-state index contributed by atoms with van der Waals surface area (Å²) in [6.07, 6.45) is 14.5. The molecular formula is C24H27N3O2. The second kappa shape index (κ2) is 8.62. The van der Waals surface area contributed by atoms with Gasteiger partial charge < -0.3 is 15.6 Å². The van der Waals surface area contributed by atoms with E-state index in [4.69, 9.17) is 0 Å². The summed E-state index contributed by atoms with van der Waals surface area (Å²) in [7, 11) is 1.99. The molecule has 150 valence electrons. The van der Waals surface area contributed by atoms with Crippen LogP contribution in [0.4, 0.5) is 0 Å². The summed E-state index contributed by atoms with van der Waals surface area (Å²) in [5.74, 6) is -0.379. The fourth-order valence-corrected chi connectivity index (χ4v) is 4.25. The first-order chi connectivity index (χ1) is 14.2. The van der Waals surface area contributed by atoms with Gasteiger partial charge in [-0.15, -0.1) is 0 Å². The third-order valence-electron chi connectivity index (χ3n) is 5.84. The van der Waals surface area contributed by atoms with Gasteiger partial charge in [-0.3, -0.25) is 9.59 Å². The molecule has 0 bridgehead atoms. The topological polar surface area (TPSA) is 74.0 Å². The third kappa shape index (κ3) is 4.10. The van der Waals surface area contributed by atoms with Crippen molar-refractivity contribution in [1.82, 2.24) is 15.6 Å². The average Bonchev–Trinajstić information content (AvgIpc) is 2.91. The van der Waals surface area contributed by atoms with Gasteiger partial charge >= 0.3 is 0 Å². The van der Waals surface area contributed by atoms with Crippen LogP contribution in [0.1, 0.15) is 48.9 Å². The maximum Gasteiger partial charge on any atom is 0.261 e. The fourth-order valence-electron chi connectivity index (χ4n) is 4.25. The second-order valence-electron chi connectivity index (χ2n) is 7.70. The number of rotatable bonds is 3. The van der Waals surface area contributed by atoms with Crippen molar-refractivity contribution in [1.29, 1.82) is 0 Å². The predicted molar refractivity (Wildman–Crippen MR) is 117 cm³/mol. The molecule has 0 radical (unpaired) electrons. The second-order valence-corrected chi connectivity index (χ2v) is 7.70. The molecule has 0 spiro atoms. The first-order valence-electron chi connectivity index (χ1n) is 10.4. The van der Waals surface area contributed by atoms with Crippen molar-refractivity contribution in [2.45, 2.75) is 44.6 Å². The van der Waals surface area contributed by atoms with Gasteiger partial charge in [0.15, 0.2) is 0 Å². The monoisotopic (exact) mass is 389 g/mol. The highest BCUT2D eigenvalue weighted by atomic mass is 16.2.